The van der Waals surface area contributed by atoms with Gasteiger partial charge in [-0.05, 0) is 31.4 Å². The van der Waals surface area contributed by atoms with E-state index in [-0.39, 0.29) is 5.92 Å². The summed E-state index contributed by atoms with van der Waals surface area (Å²) in [5.41, 5.74) is 1.98. The lowest BCUT2D eigenvalue weighted by Crippen LogP contribution is -2.35. The van der Waals surface area contributed by atoms with Gasteiger partial charge in [-0.25, -0.2) is 4.98 Å². The molecular formula is C18H22N4OS. The largest absolute Gasteiger partial charge is 0.357 e. The number of anilines is 1. The predicted molar refractivity (Wildman–Crippen MR) is 95.9 cm³/mol. The number of hydrogen-bond acceptors (Lipinski definition) is 5. The molecule has 5 nitrogen and oxygen atoms in total. The van der Waals surface area contributed by atoms with E-state index in [1.807, 2.05) is 23.2 Å². The molecule has 1 aliphatic carbocycles. The van der Waals surface area contributed by atoms with Crippen LogP contribution >= 0.6 is 11.3 Å². The number of nitrogens with zero attached hydrogens (tertiary/aromatic N) is 3. The SMILES string of the molecule is O=C(C1CCCC1)N1CCC(Nc2nc(-c3cccnc3)cs2)C1. The van der Waals surface area contributed by atoms with Crippen LogP contribution < -0.4 is 5.32 Å². The Bertz CT molecular complexity index is 696. The summed E-state index contributed by atoms with van der Waals surface area (Å²) in [6, 6.07) is 4.25. The number of pyridine rings is 1. The van der Waals surface area contributed by atoms with E-state index in [0.29, 0.717) is 11.9 Å². The van der Waals surface area contributed by atoms with E-state index in [4.69, 9.17) is 0 Å². The first-order valence-corrected chi connectivity index (χ1v) is 9.59. The quantitative estimate of drug-likeness (QED) is 0.925. The van der Waals surface area contributed by atoms with Gasteiger partial charge in [0.2, 0.25) is 5.91 Å². The average molecular weight is 342 g/mol. The molecule has 3 heterocycles. The summed E-state index contributed by atoms with van der Waals surface area (Å²) in [4.78, 5) is 23.4. The summed E-state index contributed by atoms with van der Waals surface area (Å²) < 4.78 is 0. The van der Waals surface area contributed by atoms with Crippen molar-refractivity contribution in [2.75, 3.05) is 18.4 Å². The van der Waals surface area contributed by atoms with Gasteiger partial charge in [0.15, 0.2) is 5.13 Å². The molecule has 1 atom stereocenters. The standard InChI is InChI=1S/C18H22N4OS/c23-17(13-4-1-2-5-13)22-9-7-15(11-22)20-18-21-16(12-24-18)14-6-3-8-19-10-14/h3,6,8,10,12-13,15H,1-2,4-5,7,9,11H2,(H,20,21). The van der Waals surface area contributed by atoms with Crippen LogP contribution in [-0.4, -0.2) is 39.9 Å². The Morgan fingerprint density at radius 1 is 1.29 bits per heavy atom. The molecule has 1 aliphatic heterocycles. The number of carbonyl (C=O) groups excluding carboxylic acids is 1. The lowest BCUT2D eigenvalue weighted by atomic mass is 10.1. The van der Waals surface area contributed by atoms with Crippen LogP contribution in [0.5, 0.6) is 0 Å². The van der Waals surface area contributed by atoms with E-state index >= 15 is 0 Å². The molecule has 2 fully saturated rings. The Kier molecular flexibility index (Phi) is 4.47. The summed E-state index contributed by atoms with van der Waals surface area (Å²) in [6.07, 6.45) is 9.17. The molecule has 0 aromatic carbocycles. The number of likely N-dealkylation sites (tertiary alicyclic amines) is 1. The zero-order chi connectivity index (χ0) is 16.4. The zero-order valence-corrected chi connectivity index (χ0v) is 14.5. The van der Waals surface area contributed by atoms with Gasteiger partial charge in [-0.1, -0.05) is 12.8 Å². The average Bonchev–Trinajstić information content (AvgIpc) is 3.37. The molecule has 1 amide bonds. The molecule has 1 unspecified atom stereocenters. The van der Waals surface area contributed by atoms with Gasteiger partial charge < -0.3 is 10.2 Å². The van der Waals surface area contributed by atoms with Crippen LogP contribution in [0.25, 0.3) is 11.3 Å². The van der Waals surface area contributed by atoms with Crippen molar-refractivity contribution < 1.29 is 4.79 Å². The predicted octanol–water partition coefficient (Wildman–Crippen LogP) is 3.41. The van der Waals surface area contributed by atoms with E-state index in [1.54, 1.807) is 17.5 Å². The Morgan fingerprint density at radius 2 is 2.17 bits per heavy atom. The van der Waals surface area contributed by atoms with Crippen LogP contribution in [0.1, 0.15) is 32.1 Å². The molecule has 1 saturated heterocycles. The minimum absolute atomic E-state index is 0.279. The number of aromatic nitrogens is 2. The highest BCUT2D eigenvalue weighted by molar-refractivity contribution is 7.14. The van der Waals surface area contributed by atoms with Crippen LogP contribution in [0.3, 0.4) is 0 Å². The Hall–Kier alpha value is -1.95. The van der Waals surface area contributed by atoms with Crippen LogP contribution in [0, 0.1) is 5.92 Å². The molecular weight excluding hydrogens is 320 g/mol. The molecule has 24 heavy (non-hydrogen) atoms. The lowest BCUT2D eigenvalue weighted by molar-refractivity contribution is -0.134. The van der Waals surface area contributed by atoms with Crippen molar-refractivity contribution in [1.82, 2.24) is 14.9 Å². The Morgan fingerprint density at radius 3 is 2.96 bits per heavy atom. The van der Waals surface area contributed by atoms with Gasteiger partial charge in [0, 0.05) is 48.4 Å². The maximum atomic E-state index is 12.5. The number of rotatable bonds is 4. The van der Waals surface area contributed by atoms with E-state index in [2.05, 4.69) is 20.7 Å². The van der Waals surface area contributed by atoms with Gasteiger partial charge in [-0.15, -0.1) is 11.3 Å². The smallest absolute Gasteiger partial charge is 0.225 e. The molecule has 0 spiro atoms. The van der Waals surface area contributed by atoms with Crippen LogP contribution in [0.2, 0.25) is 0 Å². The lowest BCUT2D eigenvalue weighted by Gasteiger charge is -2.20. The van der Waals surface area contributed by atoms with Gasteiger partial charge in [0.1, 0.15) is 0 Å². The molecule has 1 saturated carbocycles. The second-order valence-electron chi connectivity index (χ2n) is 6.68. The van der Waals surface area contributed by atoms with Crippen molar-refractivity contribution in [2.24, 2.45) is 5.92 Å². The minimum Gasteiger partial charge on any atom is -0.357 e. The van der Waals surface area contributed by atoms with Crippen LogP contribution in [-0.2, 0) is 4.79 Å². The summed E-state index contributed by atoms with van der Waals surface area (Å²) >= 11 is 1.61. The van der Waals surface area contributed by atoms with Crippen molar-refractivity contribution >= 4 is 22.4 Å². The second kappa shape index (κ2) is 6.89. The first-order valence-electron chi connectivity index (χ1n) is 8.71. The third-order valence-electron chi connectivity index (χ3n) is 4.99. The molecule has 126 valence electrons. The molecule has 0 bridgehead atoms. The monoisotopic (exact) mass is 342 g/mol. The molecule has 2 aliphatic rings. The van der Waals surface area contributed by atoms with E-state index < -0.39 is 0 Å². The van der Waals surface area contributed by atoms with Crippen LogP contribution in [0.4, 0.5) is 5.13 Å². The highest BCUT2D eigenvalue weighted by atomic mass is 32.1. The fourth-order valence-electron chi connectivity index (χ4n) is 3.67. The Balaban J connectivity index is 1.35. The first-order chi connectivity index (χ1) is 11.8. The van der Waals surface area contributed by atoms with Gasteiger partial charge >= 0.3 is 0 Å². The van der Waals surface area contributed by atoms with Gasteiger partial charge in [-0.3, -0.25) is 9.78 Å². The maximum absolute atomic E-state index is 12.5. The van der Waals surface area contributed by atoms with Gasteiger partial charge in [-0.2, -0.15) is 0 Å². The fourth-order valence-corrected chi connectivity index (χ4v) is 4.47. The molecule has 2 aromatic rings. The van der Waals surface area contributed by atoms with Crippen molar-refractivity contribution in [1.29, 1.82) is 0 Å². The molecule has 6 heteroatoms. The number of hydrogen-bond donors (Lipinski definition) is 1. The van der Waals surface area contributed by atoms with Crippen molar-refractivity contribution in [3.05, 3.63) is 29.9 Å². The molecule has 0 radical (unpaired) electrons. The molecule has 1 N–H and O–H groups in total. The fraction of sp³-hybridized carbons (Fsp3) is 0.500. The molecule has 4 rings (SSSR count). The highest BCUT2D eigenvalue weighted by Crippen LogP contribution is 2.29. The van der Waals surface area contributed by atoms with Gasteiger partial charge in [0.05, 0.1) is 5.69 Å². The number of amides is 1. The number of nitrogens with one attached hydrogen (secondary N) is 1. The topological polar surface area (TPSA) is 58.1 Å². The minimum atomic E-state index is 0.279. The zero-order valence-electron chi connectivity index (χ0n) is 13.6. The third-order valence-corrected chi connectivity index (χ3v) is 5.77. The van der Waals surface area contributed by atoms with E-state index in [1.165, 1.54) is 12.8 Å². The second-order valence-corrected chi connectivity index (χ2v) is 7.53. The Labute approximate surface area is 146 Å². The summed E-state index contributed by atoms with van der Waals surface area (Å²) in [5, 5.41) is 6.48. The summed E-state index contributed by atoms with van der Waals surface area (Å²) in [7, 11) is 0. The van der Waals surface area contributed by atoms with Crippen molar-refractivity contribution in [3.8, 4) is 11.3 Å². The van der Waals surface area contributed by atoms with E-state index in [9.17, 15) is 4.79 Å². The highest BCUT2D eigenvalue weighted by Gasteiger charge is 2.32. The summed E-state index contributed by atoms with van der Waals surface area (Å²) in [6.45, 7) is 1.67. The summed E-state index contributed by atoms with van der Waals surface area (Å²) in [5.74, 6) is 0.646. The van der Waals surface area contributed by atoms with Crippen LogP contribution in [0.15, 0.2) is 29.9 Å². The van der Waals surface area contributed by atoms with Crippen molar-refractivity contribution in [3.63, 3.8) is 0 Å². The number of carbonyl (C=O) groups is 1. The number of thiazole rings is 1. The van der Waals surface area contributed by atoms with Gasteiger partial charge in [0.25, 0.3) is 0 Å². The third kappa shape index (κ3) is 3.29. The normalized spacial score (nSPS) is 21.3. The maximum Gasteiger partial charge on any atom is 0.225 e. The first kappa shape index (κ1) is 15.6. The van der Waals surface area contributed by atoms with Crippen molar-refractivity contribution in [2.45, 2.75) is 38.1 Å². The molecule has 2 aromatic heterocycles. The van der Waals surface area contributed by atoms with E-state index in [0.717, 1.165) is 48.7 Å².